The first kappa shape index (κ1) is 16.4. The summed E-state index contributed by atoms with van der Waals surface area (Å²) in [5.41, 5.74) is 0.0509. The second kappa shape index (κ2) is 6.40. The highest BCUT2D eigenvalue weighted by Gasteiger charge is 2.32. The SMILES string of the molecule is CC(=O)NC(c1ccccc1)c1cc(C(F)(F)F)ccc1Cl. The van der Waals surface area contributed by atoms with E-state index in [0.717, 1.165) is 12.1 Å². The fraction of sp³-hybridized carbons (Fsp3) is 0.188. The summed E-state index contributed by atoms with van der Waals surface area (Å²) in [6.45, 7) is 1.30. The van der Waals surface area contributed by atoms with Crippen molar-refractivity contribution in [2.24, 2.45) is 0 Å². The Balaban J connectivity index is 2.54. The third-order valence-electron chi connectivity index (χ3n) is 3.11. The van der Waals surface area contributed by atoms with Gasteiger partial charge in [0.15, 0.2) is 0 Å². The van der Waals surface area contributed by atoms with Gasteiger partial charge in [0.05, 0.1) is 11.6 Å². The average Bonchev–Trinajstić information content (AvgIpc) is 2.45. The highest BCUT2D eigenvalue weighted by Crippen LogP contribution is 2.35. The van der Waals surface area contributed by atoms with Crippen LogP contribution in [-0.2, 0) is 11.0 Å². The van der Waals surface area contributed by atoms with Gasteiger partial charge in [0.1, 0.15) is 0 Å². The maximum Gasteiger partial charge on any atom is 0.416 e. The van der Waals surface area contributed by atoms with Crippen molar-refractivity contribution >= 4 is 17.5 Å². The fourth-order valence-electron chi connectivity index (χ4n) is 2.13. The minimum atomic E-state index is -4.48. The van der Waals surface area contributed by atoms with E-state index in [9.17, 15) is 18.0 Å². The predicted molar refractivity (Wildman–Crippen MR) is 78.6 cm³/mol. The number of carbonyl (C=O) groups is 1. The van der Waals surface area contributed by atoms with Crippen molar-refractivity contribution in [1.82, 2.24) is 5.32 Å². The molecule has 2 rings (SSSR count). The zero-order valence-electron chi connectivity index (χ0n) is 11.6. The predicted octanol–water partition coefficient (Wildman–Crippen LogP) is 4.58. The topological polar surface area (TPSA) is 29.1 Å². The molecule has 116 valence electrons. The number of halogens is 4. The van der Waals surface area contributed by atoms with Crippen LogP contribution in [0.15, 0.2) is 48.5 Å². The lowest BCUT2D eigenvalue weighted by molar-refractivity contribution is -0.137. The van der Waals surface area contributed by atoms with E-state index in [1.54, 1.807) is 30.3 Å². The van der Waals surface area contributed by atoms with Crippen molar-refractivity contribution in [3.05, 3.63) is 70.2 Å². The molecule has 1 atom stereocenters. The van der Waals surface area contributed by atoms with Crippen LogP contribution in [0.1, 0.15) is 29.7 Å². The summed E-state index contributed by atoms with van der Waals surface area (Å²) >= 11 is 6.06. The summed E-state index contributed by atoms with van der Waals surface area (Å²) < 4.78 is 38.7. The Morgan fingerprint density at radius 3 is 2.32 bits per heavy atom. The van der Waals surface area contributed by atoms with Gasteiger partial charge in [0, 0.05) is 11.9 Å². The van der Waals surface area contributed by atoms with Crippen molar-refractivity contribution in [2.75, 3.05) is 0 Å². The van der Waals surface area contributed by atoms with E-state index in [-0.39, 0.29) is 16.5 Å². The number of alkyl halides is 3. The highest BCUT2D eigenvalue weighted by atomic mass is 35.5. The number of hydrogen-bond acceptors (Lipinski definition) is 1. The summed E-state index contributed by atoms with van der Waals surface area (Å²) in [4.78, 5) is 11.4. The van der Waals surface area contributed by atoms with Crippen LogP contribution in [0.4, 0.5) is 13.2 Å². The van der Waals surface area contributed by atoms with Crippen molar-refractivity contribution in [2.45, 2.75) is 19.1 Å². The summed E-state index contributed by atoms with van der Waals surface area (Å²) in [6.07, 6.45) is -4.48. The zero-order chi connectivity index (χ0) is 16.3. The molecule has 0 heterocycles. The van der Waals surface area contributed by atoms with Crippen molar-refractivity contribution < 1.29 is 18.0 Å². The van der Waals surface area contributed by atoms with E-state index < -0.39 is 17.8 Å². The number of benzene rings is 2. The molecule has 0 spiro atoms. The first-order chi connectivity index (χ1) is 10.3. The third-order valence-corrected chi connectivity index (χ3v) is 3.46. The first-order valence-corrected chi connectivity index (χ1v) is 6.85. The molecule has 0 fully saturated rings. The van der Waals surface area contributed by atoms with Crippen LogP contribution in [0, 0.1) is 0 Å². The monoisotopic (exact) mass is 327 g/mol. The molecule has 1 amide bonds. The molecule has 6 heteroatoms. The Morgan fingerprint density at radius 2 is 1.77 bits per heavy atom. The molecular weight excluding hydrogens is 315 g/mol. The number of amides is 1. The smallest absolute Gasteiger partial charge is 0.345 e. The molecule has 2 aromatic carbocycles. The molecule has 22 heavy (non-hydrogen) atoms. The normalized spacial score (nSPS) is 12.8. The lowest BCUT2D eigenvalue weighted by Gasteiger charge is -2.21. The molecule has 2 aromatic rings. The van der Waals surface area contributed by atoms with Crippen molar-refractivity contribution in [3.63, 3.8) is 0 Å². The molecule has 0 bridgehead atoms. The van der Waals surface area contributed by atoms with Gasteiger partial charge in [0.25, 0.3) is 0 Å². The van der Waals surface area contributed by atoms with Crippen LogP contribution in [0.25, 0.3) is 0 Å². The second-order valence-corrected chi connectivity index (χ2v) is 5.19. The molecule has 0 aliphatic carbocycles. The van der Waals surface area contributed by atoms with E-state index in [1.165, 1.54) is 13.0 Å². The largest absolute Gasteiger partial charge is 0.416 e. The van der Waals surface area contributed by atoms with Gasteiger partial charge in [-0.1, -0.05) is 41.9 Å². The van der Waals surface area contributed by atoms with Crippen LogP contribution in [0.5, 0.6) is 0 Å². The maximum absolute atomic E-state index is 12.9. The Hall–Kier alpha value is -2.01. The van der Waals surface area contributed by atoms with Gasteiger partial charge >= 0.3 is 6.18 Å². The van der Waals surface area contributed by atoms with E-state index in [2.05, 4.69) is 5.32 Å². The molecule has 1 N–H and O–H groups in total. The molecular formula is C16H13ClF3NO. The quantitative estimate of drug-likeness (QED) is 0.878. The van der Waals surface area contributed by atoms with Crippen LogP contribution in [-0.4, -0.2) is 5.91 Å². The van der Waals surface area contributed by atoms with Gasteiger partial charge in [-0.2, -0.15) is 13.2 Å². The summed E-state index contributed by atoms with van der Waals surface area (Å²) in [5.74, 6) is -0.359. The number of nitrogens with one attached hydrogen (secondary N) is 1. The van der Waals surface area contributed by atoms with Crippen molar-refractivity contribution in [1.29, 1.82) is 0 Å². The van der Waals surface area contributed by atoms with Gasteiger partial charge in [-0.05, 0) is 29.3 Å². The lowest BCUT2D eigenvalue weighted by atomic mass is 9.96. The van der Waals surface area contributed by atoms with Crippen molar-refractivity contribution in [3.8, 4) is 0 Å². The molecule has 0 aliphatic rings. The molecule has 0 aromatic heterocycles. The average molecular weight is 328 g/mol. The van der Waals surface area contributed by atoms with E-state index in [4.69, 9.17) is 11.6 Å². The van der Waals surface area contributed by atoms with E-state index in [0.29, 0.717) is 5.56 Å². The van der Waals surface area contributed by atoms with Crippen LogP contribution < -0.4 is 5.32 Å². The fourth-order valence-corrected chi connectivity index (χ4v) is 2.36. The number of carbonyl (C=O) groups excluding carboxylic acids is 1. The van der Waals surface area contributed by atoms with Crippen LogP contribution >= 0.6 is 11.6 Å². The Kier molecular flexibility index (Phi) is 4.76. The summed E-state index contributed by atoms with van der Waals surface area (Å²) in [7, 11) is 0. The van der Waals surface area contributed by atoms with Gasteiger partial charge < -0.3 is 5.32 Å². The Labute approximate surface area is 130 Å². The van der Waals surface area contributed by atoms with Gasteiger partial charge in [-0.15, -0.1) is 0 Å². The molecule has 0 saturated heterocycles. The maximum atomic E-state index is 12.9. The molecule has 0 radical (unpaired) electrons. The minimum Gasteiger partial charge on any atom is -0.345 e. The Bertz CT molecular complexity index is 671. The van der Waals surface area contributed by atoms with Crippen LogP contribution in [0.2, 0.25) is 5.02 Å². The van der Waals surface area contributed by atoms with E-state index >= 15 is 0 Å². The van der Waals surface area contributed by atoms with Gasteiger partial charge in [-0.3, -0.25) is 4.79 Å². The van der Waals surface area contributed by atoms with Gasteiger partial charge in [-0.25, -0.2) is 0 Å². The minimum absolute atomic E-state index is 0.163. The standard InChI is InChI=1S/C16H13ClF3NO/c1-10(22)21-15(11-5-3-2-4-6-11)13-9-12(16(18,19)20)7-8-14(13)17/h2-9,15H,1H3,(H,21,22). The highest BCUT2D eigenvalue weighted by molar-refractivity contribution is 6.31. The molecule has 2 nitrogen and oxygen atoms in total. The lowest BCUT2D eigenvalue weighted by Crippen LogP contribution is -2.27. The van der Waals surface area contributed by atoms with Crippen LogP contribution in [0.3, 0.4) is 0 Å². The molecule has 0 saturated carbocycles. The van der Waals surface area contributed by atoms with E-state index in [1.807, 2.05) is 0 Å². The third kappa shape index (κ3) is 3.80. The molecule has 0 aliphatic heterocycles. The number of rotatable bonds is 3. The first-order valence-electron chi connectivity index (χ1n) is 6.47. The summed E-state index contributed by atoms with van der Waals surface area (Å²) in [6, 6.07) is 11.0. The zero-order valence-corrected chi connectivity index (χ0v) is 12.4. The second-order valence-electron chi connectivity index (χ2n) is 4.78. The Morgan fingerprint density at radius 1 is 1.14 bits per heavy atom. The summed E-state index contributed by atoms with van der Waals surface area (Å²) in [5, 5.41) is 2.80. The van der Waals surface area contributed by atoms with Gasteiger partial charge in [0.2, 0.25) is 5.91 Å². The molecule has 1 unspecified atom stereocenters. The number of hydrogen-bond donors (Lipinski definition) is 1.